The van der Waals surface area contributed by atoms with Crippen LogP contribution in [0.5, 0.6) is 0 Å². The second kappa shape index (κ2) is 39.2. The Hall–Kier alpha value is -0.200. The molecule has 5 heteroatoms. The minimum Gasteiger partial charge on any atom is -1.00 e. The van der Waals surface area contributed by atoms with Crippen LogP contribution in [0.25, 0.3) is 0 Å². The van der Waals surface area contributed by atoms with Crippen molar-refractivity contribution in [3.63, 3.8) is 0 Å². The molecule has 0 rings (SSSR count). The largest absolute Gasteiger partial charge is 1.00 e. The molecule has 0 amide bonds. The summed E-state index contributed by atoms with van der Waals surface area (Å²) in [6, 6.07) is 0. The summed E-state index contributed by atoms with van der Waals surface area (Å²) in [5.74, 6) is 0. The minimum absolute atomic E-state index is 0. The number of ether oxygens (including phenoxy) is 2. The van der Waals surface area contributed by atoms with E-state index in [9.17, 15) is 5.11 Å². The number of unbranched alkanes of at least 4 members (excludes halogenated alkanes) is 22. The first-order valence-electron chi connectivity index (χ1n) is 20.0. The molecule has 0 aliphatic rings. The summed E-state index contributed by atoms with van der Waals surface area (Å²) in [5, 5.41) is 9.48. The van der Waals surface area contributed by atoms with E-state index in [1.165, 1.54) is 154 Å². The molecular weight excluding hydrogens is 634 g/mol. The van der Waals surface area contributed by atoms with Crippen molar-refractivity contribution in [2.45, 2.75) is 187 Å². The molecule has 0 saturated carbocycles. The molecule has 0 bridgehead atoms. The summed E-state index contributed by atoms with van der Waals surface area (Å²) >= 11 is 0. The molecule has 0 spiro atoms. The van der Waals surface area contributed by atoms with Crippen LogP contribution in [0.1, 0.15) is 181 Å². The molecule has 4 nitrogen and oxygen atoms in total. The number of aliphatic hydroxyl groups excluding tert-OH is 1. The molecule has 0 aliphatic carbocycles. The number of allylic oxidation sites excluding steroid dienone is 4. The van der Waals surface area contributed by atoms with Crippen LogP contribution in [-0.4, -0.2) is 69.3 Å². The Bertz CT molecular complexity index is 625. The Morgan fingerprint density at radius 1 is 0.522 bits per heavy atom. The first-order chi connectivity index (χ1) is 22.1. The van der Waals surface area contributed by atoms with Gasteiger partial charge in [-0.05, 0) is 64.2 Å². The van der Waals surface area contributed by atoms with Crippen LogP contribution in [0.15, 0.2) is 24.3 Å². The molecule has 1 atom stereocenters. The predicted molar refractivity (Wildman–Crippen MR) is 199 cm³/mol. The lowest BCUT2D eigenvalue weighted by atomic mass is 10.1. The van der Waals surface area contributed by atoms with E-state index < -0.39 is 0 Å². The van der Waals surface area contributed by atoms with Gasteiger partial charge in [0.1, 0.15) is 19.2 Å². The fraction of sp³-hybridized carbons (Fsp3) is 0.902. The average Bonchev–Trinajstić information content (AvgIpc) is 3.02. The Kier molecular flexibility index (Phi) is 40.9. The van der Waals surface area contributed by atoms with E-state index in [0.29, 0.717) is 6.61 Å². The summed E-state index contributed by atoms with van der Waals surface area (Å²) in [6.07, 6.45) is 44.0. The number of halogens is 1. The lowest BCUT2D eigenvalue weighted by Gasteiger charge is -2.32. The van der Waals surface area contributed by atoms with Crippen molar-refractivity contribution in [2.24, 2.45) is 0 Å². The van der Waals surface area contributed by atoms with Gasteiger partial charge >= 0.3 is 0 Å². The topological polar surface area (TPSA) is 38.7 Å². The van der Waals surface area contributed by atoms with Crippen LogP contribution in [0.4, 0.5) is 0 Å². The van der Waals surface area contributed by atoms with Gasteiger partial charge in [0.2, 0.25) is 0 Å². The van der Waals surface area contributed by atoms with Crippen LogP contribution in [0.2, 0.25) is 0 Å². The zero-order valence-electron chi connectivity index (χ0n) is 31.6. The fourth-order valence-corrected chi connectivity index (χ4v) is 5.98. The smallest absolute Gasteiger partial charge is 0.130 e. The Labute approximate surface area is 299 Å². The molecule has 276 valence electrons. The van der Waals surface area contributed by atoms with E-state index >= 15 is 0 Å². The molecule has 0 heterocycles. The Morgan fingerprint density at radius 2 is 0.891 bits per heavy atom. The van der Waals surface area contributed by atoms with Crippen LogP contribution < -0.4 is 17.0 Å². The van der Waals surface area contributed by atoms with Crippen molar-refractivity contribution < 1.29 is 36.0 Å². The van der Waals surface area contributed by atoms with Crippen molar-refractivity contribution in [3.8, 4) is 0 Å². The minimum atomic E-state index is 0. The zero-order chi connectivity index (χ0) is 32.9. The number of nitrogens with zero attached hydrogens (tertiary/aromatic N) is 1. The maximum atomic E-state index is 9.48. The molecule has 1 N–H and O–H groups in total. The summed E-state index contributed by atoms with van der Waals surface area (Å²) in [7, 11) is 4.36. The molecule has 0 aromatic carbocycles. The molecule has 1 unspecified atom stereocenters. The van der Waals surface area contributed by atoms with Gasteiger partial charge < -0.3 is 36.0 Å². The van der Waals surface area contributed by atoms with E-state index in [0.717, 1.165) is 43.6 Å². The highest BCUT2D eigenvalue weighted by atomic mass is 79.9. The first kappa shape index (κ1) is 47.9. The molecular formula is C41H82BrNO3. The van der Waals surface area contributed by atoms with Gasteiger partial charge in [-0.3, -0.25) is 0 Å². The molecule has 0 aromatic rings. The van der Waals surface area contributed by atoms with E-state index in [1.807, 2.05) is 0 Å². The van der Waals surface area contributed by atoms with E-state index in [1.54, 1.807) is 0 Å². The third kappa shape index (κ3) is 38.2. The van der Waals surface area contributed by atoms with Crippen LogP contribution in [0, 0.1) is 0 Å². The van der Waals surface area contributed by atoms with Crippen molar-refractivity contribution in [2.75, 3.05) is 53.6 Å². The van der Waals surface area contributed by atoms with E-state index in [-0.39, 0.29) is 29.7 Å². The van der Waals surface area contributed by atoms with Crippen molar-refractivity contribution in [1.82, 2.24) is 0 Å². The highest BCUT2D eigenvalue weighted by Gasteiger charge is 2.22. The van der Waals surface area contributed by atoms with Gasteiger partial charge in [0.15, 0.2) is 0 Å². The molecule has 0 saturated heterocycles. The standard InChI is InChI=1S/C41H82NO3.BrH/c1-5-7-9-11-13-15-17-19-21-23-25-27-29-31-33-37-44-40-41(39-42(3,4)35-36-43)45-38-34-32-30-28-26-24-22-20-18-16-14-12-10-8-6-2;/h17-20,41,43H,5-16,21-40H2,1-4H3;1H/q+1;/p-1/b19-17+,20-18+;. The van der Waals surface area contributed by atoms with Crippen molar-refractivity contribution in [3.05, 3.63) is 24.3 Å². The maximum Gasteiger partial charge on any atom is 0.130 e. The maximum absolute atomic E-state index is 9.48. The van der Waals surface area contributed by atoms with Gasteiger partial charge in [-0.25, -0.2) is 0 Å². The second-order valence-corrected chi connectivity index (χ2v) is 14.3. The molecule has 0 radical (unpaired) electrons. The summed E-state index contributed by atoms with van der Waals surface area (Å²) in [5.41, 5.74) is 0. The lowest BCUT2D eigenvalue weighted by Crippen LogP contribution is -3.00. The number of hydrogen-bond acceptors (Lipinski definition) is 3. The van der Waals surface area contributed by atoms with Gasteiger partial charge in [0.25, 0.3) is 0 Å². The van der Waals surface area contributed by atoms with Crippen LogP contribution in [-0.2, 0) is 9.47 Å². The first-order valence-corrected chi connectivity index (χ1v) is 20.0. The van der Waals surface area contributed by atoms with Gasteiger partial charge in [-0.15, -0.1) is 0 Å². The second-order valence-electron chi connectivity index (χ2n) is 14.3. The lowest BCUT2D eigenvalue weighted by molar-refractivity contribution is -0.893. The number of aliphatic hydroxyl groups is 1. The molecule has 0 fully saturated rings. The van der Waals surface area contributed by atoms with Gasteiger partial charge in [-0.2, -0.15) is 0 Å². The predicted octanol–water partition coefficient (Wildman–Crippen LogP) is 8.76. The normalized spacial score (nSPS) is 12.8. The van der Waals surface area contributed by atoms with E-state index in [2.05, 4.69) is 52.2 Å². The summed E-state index contributed by atoms with van der Waals surface area (Å²) in [4.78, 5) is 0. The average molecular weight is 717 g/mol. The third-order valence-corrected chi connectivity index (χ3v) is 9.02. The van der Waals surface area contributed by atoms with Crippen molar-refractivity contribution in [1.29, 1.82) is 0 Å². The van der Waals surface area contributed by atoms with Crippen LogP contribution in [0.3, 0.4) is 0 Å². The van der Waals surface area contributed by atoms with Gasteiger partial charge in [-0.1, -0.05) is 141 Å². The number of quaternary nitrogens is 1. The molecule has 0 aromatic heterocycles. The number of likely N-dealkylation sites (N-methyl/N-ethyl adjacent to an activating group) is 1. The summed E-state index contributed by atoms with van der Waals surface area (Å²) < 4.78 is 13.2. The van der Waals surface area contributed by atoms with Gasteiger partial charge in [0, 0.05) is 13.2 Å². The molecule has 46 heavy (non-hydrogen) atoms. The fourth-order valence-electron chi connectivity index (χ4n) is 5.98. The molecule has 0 aliphatic heterocycles. The highest BCUT2D eigenvalue weighted by molar-refractivity contribution is 4.82. The SMILES string of the molecule is CCCCCCC/C=C/CCCCCCCCOCC(C[N+](C)(C)CCO)OCCCCCCCC/C=C/CCCCCCC.[Br-]. The monoisotopic (exact) mass is 716 g/mol. The quantitative estimate of drug-likeness (QED) is 0.0397. The Morgan fingerprint density at radius 3 is 1.30 bits per heavy atom. The highest BCUT2D eigenvalue weighted by Crippen LogP contribution is 2.12. The Balaban J connectivity index is 0. The number of hydrogen-bond donors (Lipinski definition) is 1. The van der Waals surface area contributed by atoms with Crippen LogP contribution >= 0.6 is 0 Å². The van der Waals surface area contributed by atoms with Gasteiger partial charge in [0.05, 0.1) is 27.3 Å². The summed E-state index contributed by atoms with van der Waals surface area (Å²) in [6.45, 7) is 8.75. The zero-order valence-corrected chi connectivity index (χ0v) is 33.2. The number of rotatable bonds is 37. The van der Waals surface area contributed by atoms with Crippen molar-refractivity contribution >= 4 is 0 Å². The van der Waals surface area contributed by atoms with E-state index in [4.69, 9.17) is 9.47 Å². The third-order valence-electron chi connectivity index (χ3n) is 9.02.